The van der Waals surface area contributed by atoms with Gasteiger partial charge >= 0.3 is 12.0 Å². The third-order valence-electron chi connectivity index (χ3n) is 1.92. The van der Waals surface area contributed by atoms with Crippen LogP contribution in [0.4, 0.5) is 4.79 Å². The lowest BCUT2D eigenvalue weighted by Gasteiger charge is -2.11. The molecule has 0 aliphatic carbocycles. The Morgan fingerprint density at radius 1 is 1.50 bits per heavy atom. The quantitative estimate of drug-likeness (QED) is 0.516. The van der Waals surface area contributed by atoms with Crippen LogP contribution in [0.15, 0.2) is 24.1 Å². The predicted molar refractivity (Wildman–Crippen MR) is 51.5 cm³/mol. The van der Waals surface area contributed by atoms with Crippen LogP contribution in [-0.2, 0) is 9.47 Å². The second-order valence-electron chi connectivity index (χ2n) is 2.97. The molecule has 8 nitrogen and oxygen atoms in total. The van der Waals surface area contributed by atoms with E-state index in [0.717, 1.165) is 0 Å². The first kappa shape index (κ1) is 10.1. The van der Waals surface area contributed by atoms with E-state index in [2.05, 4.69) is 10.2 Å². The van der Waals surface area contributed by atoms with Crippen LogP contribution in [0.5, 0.6) is 0 Å². The smallest absolute Gasteiger partial charge is 0.428 e. The molecular formula is C8H8N3O5-. The maximum atomic E-state index is 11.0. The van der Waals surface area contributed by atoms with E-state index in [9.17, 15) is 15.2 Å². The monoisotopic (exact) mass is 226 g/mol. The van der Waals surface area contributed by atoms with Crippen molar-refractivity contribution in [2.24, 2.45) is 0 Å². The Balaban J connectivity index is 1.93. The lowest BCUT2D eigenvalue weighted by atomic mass is 10.5. The standard InChI is InChI=1S/C8H8N3O5/c12-8-10(3-4-15-8)9-5-6-1-2-7(16-6)11(13)14/h1-2,5,9H,3-4H2/q-1. The van der Waals surface area contributed by atoms with Gasteiger partial charge in [0.25, 0.3) is 0 Å². The zero-order valence-electron chi connectivity index (χ0n) is 8.08. The molecule has 0 unspecified atom stereocenters. The van der Waals surface area contributed by atoms with Gasteiger partial charge in [0.2, 0.25) is 0 Å². The minimum absolute atomic E-state index is 0.256. The Bertz CT molecular complexity index is 396. The topological polar surface area (TPSA) is 99.9 Å². The normalized spacial score (nSPS) is 21.2. The molecule has 2 rings (SSSR count). The van der Waals surface area contributed by atoms with Crippen LogP contribution < -0.4 is 5.43 Å². The van der Waals surface area contributed by atoms with Gasteiger partial charge in [-0.2, -0.15) is 0 Å². The minimum Gasteiger partial charge on any atom is -0.610 e. The molecule has 16 heavy (non-hydrogen) atoms. The fraction of sp³-hybridized carbons (Fsp3) is 0.250. The maximum absolute atomic E-state index is 11.0. The van der Waals surface area contributed by atoms with Gasteiger partial charge in [-0.1, -0.05) is 0 Å². The summed E-state index contributed by atoms with van der Waals surface area (Å²) >= 11 is 0. The second-order valence-corrected chi connectivity index (χ2v) is 2.97. The number of cyclic esters (lactones) is 1. The van der Waals surface area contributed by atoms with Crippen molar-refractivity contribution in [3.05, 3.63) is 34.5 Å². The van der Waals surface area contributed by atoms with Gasteiger partial charge in [-0.25, -0.2) is 9.80 Å². The number of carbonyl (C=O) groups excluding carboxylic acids is 1. The van der Waals surface area contributed by atoms with Gasteiger partial charge in [-0.3, -0.25) is 5.43 Å². The zero-order chi connectivity index (χ0) is 11.5. The molecule has 0 spiro atoms. The third-order valence-corrected chi connectivity index (χ3v) is 1.92. The fourth-order valence-corrected chi connectivity index (χ4v) is 1.17. The van der Waals surface area contributed by atoms with Crippen molar-refractivity contribution in [2.45, 2.75) is 0 Å². The molecule has 1 fully saturated rings. The number of nitrogens with zero attached hydrogens (tertiary/aromatic N) is 2. The number of amides is 1. The Labute approximate surface area is 90.2 Å². The number of hydrogen-bond donors (Lipinski definition) is 1. The van der Waals surface area contributed by atoms with Crippen LogP contribution in [0.3, 0.4) is 0 Å². The maximum Gasteiger partial charge on any atom is 0.428 e. The number of hydrogen-bond acceptors (Lipinski definition) is 6. The Kier molecular flexibility index (Phi) is 2.54. The summed E-state index contributed by atoms with van der Waals surface area (Å²) in [5.41, 5.74) is 2.62. The largest absolute Gasteiger partial charge is 0.610 e. The molecule has 8 heteroatoms. The molecule has 0 atom stereocenters. The van der Waals surface area contributed by atoms with E-state index in [4.69, 9.17) is 4.74 Å². The highest BCUT2D eigenvalue weighted by Crippen LogP contribution is 2.09. The van der Waals surface area contributed by atoms with E-state index in [0.29, 0.717) is 13.2 Å². The van der Waals surface area contributed by atoms with E-state index in [1.54, 1.807) is 0 Å². The number of hydrazine groups is 1. The van der Waals surface area contributed by atoms with Gasteiger partial charge in [0.15, 0.2) is 5.76 Å². The van der Waals surface area contributed by atoms with Crippen LogP contribution in [0.2, 0.25) is 0 Å². The number of allylic oxidation sites excluding steroid dienone is 1. The molecule has 0 aromatic rings. The van der Waals surface area contributed by atoms with Crippen molar-refractivity contribution < 1.29 is 19.2 Å². The summed E-state index contributed by atoms with van der Waals surface area (Å²) in [5.74, 6) is -0.0940. The number of nitrogens with one attached hydrogen (secondary N) is 1. The average molecular weight is 226 g/mol. The number of carbonyl (C=O) groups is 1. The molecule has 1 N–H and O–H groups in total. The highest BCUT2D eigenvalue weighted by atomic mass is 16.8. The summed E-state index contributed by atoms with van der Waals surface area (Å²) in [6.07, 6.45) is 3.51. The van der Waals surface area contributed by atoms with Crippen LogP contribution in [0.25, 0.3) is 0 Å². The summed E-state index contributed by atoms with van der Waals surface area (Å²) < 4.78 is 9.51. The first-order valence-corrected chi connectivity index (χ1v) is 4.45. The number of ether oxygens (including phenoxy) is 2. The fourth-order valence-electron chi connectivity index (χ4n) is 1.17. The lowest BCUT2D eigenvalue weighted by molar-refractivity contribution is -0.388. The summed E-state index contributed by atoms with van der Waals surface area (Å²) in [7, 11) is 0. The summed E-state index contributed by atoms with van der Waals surface area (Å²) in [6, 6.07) is 0. The molecule has 1 amide bonds. The average Bonchev–Trinajstić information content (AvgIpc) is 2.83. The van der Waals surface area contributed by atoms with Crippen LogP contribution in [0, 0.1) is 10.4 Å². The summed E-state index contributed by atoms with van der Waals surface area (Å²) in [4.78, 5) is 10.4. The van der Waals surface area contributed by atoms with Gasteiger partial charge in [-0.05, 0) is 6.08 Å². The Morgan fingerprint density at radius 3 is 2.88 bits per heavy atom. The molecule has 0 aromatic heterocycles. The summed E-state index contributed by atoms with van der Waals surface area (Å²) in [5, 5.41) is 21.9. The second kappa shape index (κ2) is 4.01. The predicted octanol–water partition coefficient (Wildman–Crippen LogP) is -0.222. The van der Waals surface area contributed by atoms with Crippen LogP contribution >= 0.6 is 0 Å². The Hall–Kier alpha value is -2.38. The van der Waals surface area contributed by atoms with E-state index < -0.39 is 11.0 Å². The molecule has 2 aliphatic rings. The first-order chi connectivity index (χ1) is 7.66. The van der Waals surface area contributed by atoms with Crippen molar-refractivity contribution in [3.63, 3.8) is 0 Å². The van der Waals surface area contributed by atoms with Gasteiger partial charge in [0.1, 0.15) is 6.61 Å². The molecular weight excluding hydrogens is 218 g/mol. The minimum atomic E-state index is -0.637. The van der Waals surface area contributed by atoms with Gasteiger partial charge in [0.05, 0.1) is 18.8 Å². The summed E-state index contributed by atoms with van der Waals surface area (Å²) in [6.45, 7) is 0.732. The molecule has 2 aliphatic heterocycles. The van der Waals surface area contributed by atoms with Crippen molar-refractivity contribution in [1.82, 2.24) is 10.4 Å². The first-order valence-electron chi connectivity index (χ1n) is 4.45. The van der Waals surface area contributed by atoms with Crippen molar-refractivity contribution >= 4 is 12.0 Å². The van der Waals surface area contributed by atoms with Crippen LogP contribution in [0.1, 0.15) is 0 Å². The van der Waals surface area contributed by atoms with E-state index >= 15 is 0 Å². The lowest BCUT2D eigenvalue weighted by Crippen LogP contribution is -2.35. The molecule has 0 bridgehead atoms. The zero-order valence-corrected chi connectivity index (χ0v) is 8.08. The van der Waals surface area contributed by atoms with E-state index in [-0.39, 0.29) is 11.7 Å². The number of rotatable bonds is 2. The highest BCUT2D eigenvalue weighted by Gasteiger charge is 2.21. The van der Waals surface area contributed by atoms with Crippen molar-refractivity contribution in [3.8, 4) is 0 Å². The van der Waals surface area contributed by atoms with Crippen LogP contribution in [-0.4, -0.2) is 35.1 Å². The van der Waals surface area contributed by atoms with E-state index in [1.807, 2.05) is 0 Å². The molecule has 1 saturated heterocycles. The van der Waals surface area contributed by atoms with Crippen molar-refractivity contribution in [1.29, 1.82) is 0 Å². The van der Waals surface area contributed by atoms with Gasteiger partial charge in [-0.15, -0.1) is 4.90 Å². The third kappa shape index (κ3) is 2.00. The molecule has 0 saturated carbocycles. The molecule has 0 radical (unpaired) electrons. The molecule has 86 valence electrons. The van der Waals surface area contributed by atoms with Crippen molar-refractivity contribution in [2.75, 3.05) is 13.2 Å². The van der Waals surface area contributed by atoms with E-state index in [1.165, 1.54) is 23.4 Å². The molecule has 0 aromatic carbocycles. The highest BCUT2D eigenvalue weighted by molar-refractivity contribution is 5.87. The molecule has 2 heterocycles. The van der Waals surface area contributed by atoms with Gasteiger partial charge in [0, 0.05) is 0 Å². The Morgan fingerprint density at radius 2 is 2.31 bits per heavy atom. The van der Waals surface area contributed by atoms with Gasteiger partial charge < -0.3 is 19.9 Å². The SMILES string of the molecule is O=C1OCCN1NC=C1C=CC(=[N+]([O-])[O-])O1.